The molecular weight excluding hydrogens is 318 g/mol. The van der Waals surface area contributed by atoms with Gasteiger partial charge in [0.15, 0.2) is 0 Å². The molecule has 0 spiro atoms. The van der Waals surface area contributed by atoms with Crippen molar-refractivity contribution in [2.75, 3.05) is 13.1 Å². The number of piperidine rings is 1. The van der Waals surface area contributed by atoms with Crippen molar-refractivity contribution in [3.8, 4) is 10.4 Å². The van der Waals surface area contributed by atoms with E-state index < -0.39 is 0 Å². The molecule has 0 unspecified atom stereocenters. The van der Waals surface area contributed by atoms with Gasteiger partial charge in [0.1, 0.15) is 10.7 Å². The lowest BCUT2D eigenvalue weighted by Crippen LogP contribution is -2.34. The first-order valence-corrected chi connectivity index (χ1v) is 9.31. The Balaban J connectivity index is 1.65. The first-order chi connectivity index (χ1) is 11.7. The average Bonchev–Trinajstić information content (AvgIpc) is 3.00. The van der Waals surface area contributed by atoms with Crippen molar-refractivity contribution in [3.05, 3.63) is 52.6 Å². The van der Waals surface area contributed by atoms with Crippen molar-refractivity contribution in [2.24, 2.45) is 5.92 Å². The van der Waals surface area contributed by atoms with Crippen LogP contribution >= 0.6 is 11.3 Å². The van der Waals surface area contributed by atoms with Gasteiger partial charge in [-0.1, -0.05) is 37.3 Å². The second-order valence-electron chi connectivity index (χ2n) is 6.69. The number of hydrogen-bond donors (Lipinski definition) is 1. The summed E-state index contributed by atoms with van der Waals surface area (Å²) in [6.07, 6.45) is 2.52. The van der Waals surface area contributed by atoms with Crippen molar-refractivity contribution in [3.63, 3.8) is 0 Å². The fourth-order valence-electron chi connectivity index (χ4n) is 3.44. The molecule has 2 aromatic heterocycles. The molecule has 3 heterocycles. The number of thiophene rings is 1. The third-order valence-electron chi connectivity index (χ3n) is 4.62. The molecule has 1 fully saturated rings. The molecule has 0 saturated carbocycles. The van der Waals surface area contributed by atoms with Crippen LogP contribution in [0.4, 0.5) is 0 Å². The molecule has 1 aliphatic heterocycles. The van der Waals surface area contributed by atoms with E-state index in [4.69, 9.17) is 4.98 Å². The van der Waals surface area contributed by atoms with Gasteiger partial charge in [0.2, 0.25) is 0 Å². The Hall–Kier alpha value is -1.98. The van der Waals surface area contributed by atoms with E-state index in [1.54, 1.807) is 11.3 Å². The Kier molecular flexibility index (Phi) is 4.21. The van der Waals surface area contributed by atoms with Gasteiger partial charge in [0.05, 0.1) is 11.9 Å². The third-order valence-corrected chi connectivity index (χ3v) is 5.70. The normalized spacial score (nSPS) is 19.0. The largest absolute Gasteiger partial charge is 0.309 e. The second-order valence-corrected chi connectivity index (χ2v) is 7.72. The van der Waals surface area contributed by atoms with Gasteiger partial charge in [-0.25, -0.2) is 4.98 Å². The van der Waals surface area contributed by atoms with Crippen LogP contribution in [0.25, 0.3) is 20.7 Å². The highest BCUT2D eigenvalue weighted by Gasteiger charge is 2.18. The molecule has 0 bridgehead atoms. The summed E-state index contributed by atoms with van der Waals surface area (Å²) >= 11 is 1.59. The van der Waals surface area contributed by atoms with Crippen LogP contribution in [0.1, 0.15) is 25.6 Å². The number of nitrogens with zero attached hydrogens (tertiary/aromatic N) is 2. The summed E-state index contributed by atoms with van der Waals surface area (Å²) in [5, 5.41) is 0.689. The fourth-order valence-corrected chi connectivity index (χ4v) is 4.49. The minimum absolute atomic E-state index is 0.0292. The van der Waals surface area contributed by atoms with E-state index in [1.807, 2.05) is 24.3 Å². The molecular formula is C19H21N3OS. The summed E-state index contributed by atoms with van der Waals surface area (Å²) in [6, 6.07) is 12.1. The van der Waals surface area contributed by atoms with Gasteiger partial charge < -0.3 is 4.98 Å². The Bertz CT molecular complexity index is 900. The molecule has 124 valence electrons. The van der Waals surface area contributed by atoms with Crippen molar-refractivity contribution in [1.29, 1.82) is 0 Å². The zero-order valence-corrected chi connectivity index (χ0v) is 14.6. The van der Waals surface area contributed by atoms with Crippen LogP contribution in [0.15, 0.2) is 41.2 Å². The van der Waals surface area contributed by atoms with Crippen molar-refractivity contribution < 1.29 is 0 Å². The predicted octanol–water partition coefficient (Wildman–Crippen LogP) is 3.88. The lowest BCUT2D eigenvalue weighted by molar-refractivity contribution is 0.173. The highest BCUT2D eigenvalue weighted by Crippen LogP contribution is 2.30. The summed E-state index contributed by atoms with van der Waals surface area (Å²) in [7, 11) is 0. The van der Waals surface area contributed by atoms with E-state index in [9.17, 15) is 4.79 Å². The molecule has 1 N–H and O–H groups in total. The molecule has 1 atom stereocenters. The number of aromatic nitrogens is 2. The maximum Gasteiger partial charge on any atom is 0.259 e. The van der Waals surface area contributed by atoms with Gasteiger partial charge in [-0.05, 0) is 36.9 Å². The minimum Gasteiger partial charge on any atom is -0.309 e. The molecule has 3 aromatic rings. The SMILES string of the molecule is C[C@@H]1CCCN(Cc2nc3sc(-c4ccccc4)cc3c(=O)[nH]2)C1. The second kappa shape index (κ2) is 6.49. The number of nitrogens with one attached hydrogen (secondary N) is 1. The van der Waals surface area contributed by atoms with Gasteiger partial charge >= 0.3 is 0 Å². The van der Waals surface area contributed by atoms with Crippen LogP contribution in [0.5, 0.6) is 0 Å². The Morgan fingerprint density at radius 3 is 2.96 bits per heavy atom. The summed E-state index contributed by atoms with van der Waals surface area (Å²) in [6.45, 7) is 5.19. The van der Waals surface area contributed by atoms with Gasteiger partial charge in [0.25, 0.3) is 5.56 Å². The lowest BCUT2D eigenvalue weighted by atomic mass is 10.0. The maximum absolute atomic E-state index is 12.4. The molecule has 1 aromatic carbocycles. The molecule has 0 aliphatic carbocycles. The number of likely N-dealkylation sites (tertiary alicyclic amines) is 1. The fraction of sp³-hybridized carbons (Fsp3) is 0.368. The predicted molar refractivity (Wildman–Crippen MR) is 99.4 cm³/mol. The number of H-pyrrole nitrogens is 1. The Labute approximate surface area is 145 Å². The molecule has 4 nitrogen and oxygen atoms in total. The monoisotopic (exact) mass is 339 g/mol. The van der Waals surface area contributed by atoms with E-state index in [0.29, 0.717) is 5.39 Å². The molecule has 0 amide bonds. The molecule has 1 aliphatic rings. The van der Waals surface area contributed by atoms with Crippen LogP contribution < -0.4 is 5.56 Å². The lowest BCUT2D eigenvalue weighted by Gasteiger charge is -2.30. The highest BCUT2D eigenvalue weighted by atomic mass is 32.1. The number of rotatable bonds is 3. The minimum atomic E-state index is -0.0292. The van der Waals surface area contributed by atoms with E-state index in [2.05, 4.69) is 28.9 Å². The quantitative estimate of drug-likeness (QED) is 0.788. The summed E-state index contributed by atoms with van der Waals surface area (Å²) in [4.78, 5) is 24.5. The number of hydrogen-bond acceptors (Lipinski definition) is 4. The first kappa shape index (κ1) is 15.5. The van der Waals surface area contributed by atoms with Crippen LogP contribution in [-0.4, -0.2) is 28.0 Å². The average molecular weight is 339 g/mol. The van der Waals surface area contributed by atoms with Gasteiger partial charge in [-0.2, -0.15) is 0 Å². The molecule has 24 heavy (non-hydrogen) atoms. The number of aromatic amines is 1. The van der Waals surface area contributed by atoms with Crippen molar-refractivity contribution >= 4 is 21.6 Å². The third kappa shape index (κ3) is 3.14. The first-order valence-electron chi connectivity index (χ1n) is 8.49. The Morgan fingerprint density at radius 2 is 2.17 bits per heavy atom. The number of benzene rings is 1. The van der Waals surface area contributed by atoms with Crippen LogP contribution in [0, 0.1) is 5.92 Å². The summed E-state index contributed by atoms with van der Waals surface area (Å²) in [5.41, 5.74) is 1.10. The molecule has 1 saturated heterocycles. The topological polar surface area (TPSA) is 49.0 Å². The van der Waals surface area contributed by atoms with Gasteiger partial charge in [0, 0.05) is 11.4 Å². The smallest absolute Gasteiger partial charge is 0.259 e. The van der Waals surface area contributed by atoms with Crippen molar-refractivity contribution in [2.45, 2.75) is 26.3 Å². The van der Waals surface area contributed by atoms with Crippen LogP contribution in [0.2, 0.25) is 0 Å². The van der Waals surface area contributed by atoms with E-state index in [0.717, 1.165) is 46.6 Å². The van der Waals surface area contributed by atoms with Crippen LogP contribution in [-0.2, 0) is 6.54 Å². The van der Waals surface area contributed by atoms with Gasteiger partial charge in [-0.3, -0.25) is 9.69 Å². The van der Waals surface area contributed by atoms with E-state index >= 15 is 0 Å². The van der Waals surface area contributed by atoms with Crippen LogP contribution in [0.3, 0.4) is 0 Å². The van der Waals surface area contributed by atoms with Gasteiger partial charge in [-0.15, -0.1) is 11.3 Å². The van der Waals surface area contributed by atoms with Crippen molar-refractivity contribution in [1.82, 2.24) is 14.9 Å². The summed E-state index contributed by atoms with van der Waals surface area (Å²) < 4.78 is 0. The molecule has 5 heteroatoms. The molecule has 4 rings (SSSR count). The zero-order valence-electron chi connectivity index (χ0n) is 13.8. The number of fused-ring (bicyclic) bond motifs is 1. The zero-order chi connectivity index (χ0) is 16.5. The maximum atomic E-state index is 12.4. The molecule has 0 radical (unpaired) electrons. The standard InChI is InChI=1S/C19H21N3OS/c1-13-6-5-9-22(11-13)12-17-20-18(23)15-10-16(24-19(15)21-17)14-7-3-2-4-8-14/h2-4,7-8,10,13H,5-6,9,11-12H2,1H3,(H,20,21,23)/t13-/m1/s1. The van der Waals surface area contributed by atoms with E-state index in [1.165, 1.54) is 12.8 Å². The van der Waals surface area contributed by atoms with E-state index in [-0.39, 0.29) is 5.56 Å². The highest BCUT2D eigenvalue weighted by molar-refractivity contribution is 7.21. The Morgan fingerprint density at radius 1 is 1.33 bits per heavy atom. The summed E-state index contributed by atoms with van der Waals surface area (Å²) in [5.74, 6) is 1.50.